The molecule has 1 aromatic heterocycles. The lowest BCUT2D eigenvalue weighted by Crippen LogP contribution is -2.30. The molecule has 1 aliphatic rings. The number of pyridine rings is 1. The standard InChI is InChI=1S/C16H26N2S/c1-10-8-11(2)17-12(3)16(10)13(4)18-14-6-7-15(9-14)19-5/h8,13-15,18H,6-7,9H2,1-5H3. The Kier molecular flexibility index (Phi) is 4.91. The predicted molar refractivity (Wildman–Crippen MR) is 84.9 cm³/mol. The van der Waals surface area contributed by atoms with E-state index in [0.29, 0.717) is 12.1 Å². The monoisotopic (exact) mass is 278 g/mol. The summed E-state index contributed by atoms with van der Waals surface area (Å²) in [6.07, 6.45) is 6.21. The molecule has 1 saturated carbocycles. The van der Waals surface area contributed by atoms with E-state index in [1.165, 1.54) is 36.1 Å². The molecule has 0 aliphatic heterocycles. The van der Waals surface area contributed by atoms with Crippen molar-refractivity contribution in [2.45, 2.75) is 64.3 Å². The van der Waals surface area contributed by atoms with Crippen LogP contribution in [0.1, 0.15) is 54.7 Å². The maximum Gasteiger partial charge on any atom is 0.0426 e. The lowest BCUT2D eigenvalue weighted by Gasteiger charge is -2.23. The van der Waals surface area contributed by atoms with E-state index >= 15 is 0 Å². The van der Waals surface area contributed by atoms with Crippen LogP contribution in [0.15, 0.2) is 6.07 Å². The molecule has 1 N–H and O–H groups in total. The maximum atomic E-state index is 4.62. The van der Waals surface area contributed by atoms with Crippen molar-refractivity contribution in [3.63, 3.8) is 0 Å². The minimum Gasteiger partial charge on any atom is -0.307 e. The molecule has 0 spiro atoms. The fourth-order valence-electron chi connectivity index (χ4n) is 3.43. The lowest BCUT2D eigenvalue weighted by atomic mass is 9.99. The first-order valence-corrected chi connectivity index (χ1v) is 8.53. The number of thioether (sulfide) groups is 1. The van der Waals surface area contributed by atoms with Crippen LogP contribution in [0.5, 0.6) is 0 Å². The number of hydrogen-bond acceptors (Lipinski definition) is 3. The first-order valence-electron chi connectivity index (χ1n) is 7.24. The highest BCUT2D eigenvalue weighted by atomic mass is 32.2. The van der Waals surface area contributed by atoms with Gasteiger partial charge >= 0.3 is 0 Å². The van der Waals surface area contributed by atoms with Crippen LogP contribution in [0.2, 0.25) is 0 Å². The molecule has 3 unspecified atom stereocenters. The molecule has 1 fully saturated rings. The zero-order valence-electron chi connectivity index (χ0n) is 12.8. The molecule has 3 atom stereocenters. The van der Waals surface area contributed by atoms with Gasteiger partial charge in [-0.25, -0.2) is 0 Å². The Morgan fingerprint density at radius 1 is 1.32 bits per heavy atom. The smallest absolute Gasteiger partial charge is 0.0426 e. The quantitative estimate of drug-likeness (QED) is 0.903. The summed E-state index contributed by atoms with van der Waals surface area (Å²) in [5.74, 6) is 0. The summed E-state index contributed by atoms with van der Waals surface area (Å²) < 4.78 is 0. The van der Waals surface area contributed by atoms with Crippen LogP contribution >= 0.6 is 11.8 Å². The molecule has 19 heavy (non-hydrogen) atoms. The highest BCUT2D eigenvalue weighted by Crippen LogP contribution is 2.30. The molecule has 2 rings (SSSR count). The second-order valence-electron chi connectivity index (χ2n) is 5.84. The topological polar surface area (TPSA) is 24.9 Å². The minimum atomic E-state index is 0.402. The number of hydrogen-bond donors (Lipinski definition) is 1. The molecular formula is C16H26N2S. The number of nitrogens with zero attached hydrogens (tertiary/aromatic N) is 1. The molecule has 0 amide bonds. The Balaban J connectivity index is 2.06. The molecule has 2 nitrogen and oxygen atoms in total. The Morgan fingerprint density at radius 2 is 2.05 bits per heavy atom. The summed E-state index contributed by atoms with van der Waals surface area (Å²) in [7, 11) is 0. The van der Waals surface area contributed by atoms with Crippen molar-refractivity contribution in [3.8, 4) is 0 Å². The second-order valence-corrected chi connectivity index (χ2v) is 6.97. The van der Waals surface area contributed by atoms with E-state index in [1.54, 1.807) is 0 Å². The van der Waals surface area contributed by atoms with Gasteiger partial charge in [-0.3, -0.25) is 4.98 Å². The fourth-order valence-corrected chi connectivity index (χ4v) is 4.23. The largest absolute Gasteiger partial charge is 0.307 e. The number of aromatic nitrogens is 1. The maximum absolute atomic E-state index is 4.62. The Labute approximate surface area is 121 Å². The molecule has 0 radical (unpaired) electrons. The van der Waals surface area contributed by atoms with E-state index in [-0.39, 0.29) is 0 Å². The molecule has 1 aliphatic carbocycles. The Hall–Kier alpha value is -0.540. The van der Waals surface area contributed by atoms with Gasteiger partial charge < -0.3 is 5.32 Å². The molecule has 0 aromatic carbocycles. The predicted octanol–water partition coefficient (Wildman–Crippen LogP) is 3.94. The summed E-state index contributed by atoms with van der Waals surface area (Å²) in [6, 6.07) is 3.27. The summed E-state index contributed by atoms with van der Waals surface area (Å²) in [5.41, 5.74) is 5.05. The van der Waals surface area contributed by atoms with Gasteiger partial charge in [-0.15, -0.1) is 0 Å². The number of nitrogens with one attached hydrogen (secondary N) is 1. The fraction of sp³-hybridized carbons (Fsp3) is 0.688. The van der Waals surface area contributed by atoms with E-state index in [4.69, 9.17) is 0 Å². The van der Waals surface area contributed by atoms with Crippen molar-refractivity contribution in [3.05, 3.63) is 28.6 Å². The summed E-state index contributed by atoms with van der Waals surface area (Å²) in [6.45, 7) is 8.68. The summed E-state index contributed by atoms with van der Waals surface area (Å²) in [4.78, 5) is 4.62. The van der Waals surface area contributed by atoms with Gasteiger partial charge in [0.2, 0.25) is 0 Å². The third-order valence-corrected chi connectivity index (χ3v) is 5.32. The van der Waals surface area contributed by atoms with Crippen LogP contribution in [0.3, 0.4) is 0 Å². The van der Waals surface area contributed by atoms with Gasteiger partial charge in [0.15, 0.2) is 0 Å². The van der Waals surface area contributed by atoms with E-state index in [9.17, 15) is 0 Å². The third kappa shape index (κ3) is 3.51. The second kappa shape index (κ2) is 6.27. The van der Waals surface area contributed by atoms with Crippen molar-refractivity contribution in [2.24, 2.45) is 0 Å². The van der Waals surface area contributed by atoms with Crippen molar-refractivity contribution in [1.29, 1.82) is 0 Å². The highest BCUT2D eigenvalue weighted by molar-refractivity contribution is 7.99. The average molecular weight is 278 g/mol. The molecule has 106 valence electrons. The minimum absolute atomic E-state index is 0.402. The van der Waals surface area contributed by atoms with Crippen LogP contribution < -0.4 is 5.32 Å². The summed E-state index contributed by atoms with van der Waals surface area (Å²) >= 11 is 2.01. The first kappa shape index (κ1) is 14.9. The van der Waals surface area contributed by atoms with Gasteiger partial charge in [0, 0.05) is 28.7 Å². The average Bonchev–Trinajstić information content (AvgIpc) is 2.75. The van der Waals surface area contributed by atoms with E-state index in [0.717, 1.165) is 10.9 Å². The molecule has 0 bridgehead atoms. The van der Waals surface area contributed by atoms with E-state index < -0.39 is 0 Å². The highest BCUT2D eigenvalue weighted by Gasteiger charge is 2.26. The zero-order chi connectivity index (χ0) is 14.0. The molecular weight excluding hydrogens is 252 g/mol. The van der Waals surface area contributed by atoms with Crippen molar-refractivity contribution < 1.29 is 0 Å². The van der Waals surface area contributed by atoms with Crippen LogP contribution in [0, 0.1) is 20.8 Å². The first-order chi connectivity index (χ1) is 9.01. The van der Waals surface area contributed by atoms with E-state index in [1.807, 2.05) is 11.8 Å². The van der Waals surface area contributed by atoms with Crippen LogP contribution in [-0.2, 0) is 0 Å². The zero-order valence-corrected chi connectivity index (χ0v) is 13.6. The van der Waals surface area contributed by atoms with Crippen LogP contribution in [-0.4, -0.2) is 22.5 Å². The normalized spacial score (nSPS) is 24.7. The Bertz CT molecular complexity index is 421. The molecule has 1 heterocycles. The van der Waals surface area contributed by atoms with Gasteiger partial charge in [-0.05, 0) is 70.4 Å². The molecule has 3 heteroatoms. The van der Waals surface area contributed by atoms with Crippen molar-refractivity contribution in [2.75, 3.05) is 6.26 Å². The molecule has 0 saturated heterocycles. The Morgan fingerprint density at radius 3 is 2.63 bits per heavy atom. The summed E-state index contributed by atoms with van der Waals surface area (Å²) in [5, 5.41) is 4.66. The SMILES string of the molecule is CSC1CCC(NC(C)c2c(C)cc(C)nc2C)C1. The molecule has 1 aromatic rings. The number of aryl methyl sites for hydroxylation is 3. The number of rotatable bonds is 4. The van der Waals surface area contributed by atoms with Crippen molar-refractivity contribution in [1.82, 2.24) is 10.3 Å². The van der Waals surface area contributed by atoms with E-state index in [2.05, 4.69) is 50.3 Å². The third-order valence-electron chi connectivity index (χ3n) is 4.22. The van der Waals surface area contributed by atoms with Gasteiger partial charge in [0.25, 0.3) is 0 Å². The van der Waals surface area contributed by atoms with Crippen molar-refractivity contribution >= 4 is 11.8 Å². The van der Waals surface area contributed by atoms with Gasteiger partial charge in [-0.2, -0.15) is 11.8 Å². The van der Waals surface area contributed by atoms with Crippen LogP contribution in [0.25, 0.3) is 0 Å². The van der Waals surface area contributed by atoms with Gasteiger partial charge in [0.05, 0.1) is 0 Å². The van der Waals surface area contributed by atoms with Gasteiger partial charge in [0.1, 0.15) is 0 Å². The van der Waals surface area contributed by atoms with Gasteiger partial charge in [-0.1, -0.05) is 0 Å². The lowest BCUT2D eigenvalue weighted by molar-refractivity contribution is 0.458. The van der Waals surface area contributed by atoms with Crippen LogP contribution in [0.4, 0.5) is 0 Å².